The number of primary sulfonamides is 1. The van der Waals surface area contributed by atoms with E-state index in [-0.39, 0.29) is 22.6 Å². The van der Waals surface area contributed by atoms with Crippen LogP contribution >= 0.6 is 0 Å². The molecule has 6 N–H and O–H groups in total. The van der Waals surface area contributed by atoms with Crippen molar-refractivity contribution in [3.05, 3.63) is 29.8 Å². The zero-order chi connectivity index (χ0) is 18.4. The van der Waals surface area contributed by atoms with Crippen molar-refractivity contribution in [3.8, 4) is 0 Å². The third-order valence-corrected chi connectivity index (χ3v) is 5.42. The lowest BCUT2D eigenvalue weighted by atomic mass is 9.96. The zero-order valence-corrected chi connectivity index (χ0v) is 14.8. The molecule has 0 atom stereocenters. The summed E-state index contributed by atoms with van der Waals surface area (Å²) in [5, 5.41) is 7.91. The molecule has 9 heteroatoms. The smallest absolute Gasteiger partial charge is 0.275 e. The molecule has 1 heterocycles. The van der Waals surface area contributed by atoms with Crippen molar-refractivity contribution in [1.29, 1.82) is 0 Å². The minimum absolute atomic E-state index is 0.0336. The molecule has 0 aliphatic carbocycles. The van der Waals surface area contributed by atoms with Crippen LogP contribution in [0.15, 0.2) is 29.2 Å². The van der Waals surface area contributed by atoms with Crippen molar-refractivity contribution >= 4 is 21.8 Å². The lowest BCUT2D eigenvalue weighted by Crippen LogP contribution is -3.14. The van der Waals surface area contributed by atoms with Crippen LogP contribution in [0.3, 0.4) is 0 Å². The van der Waals surface area contributed by atoms with Crippen molar-refractivity contribution in [2.24, 2.45) is 16.8 Å². The molecule has 0 saturated carbocycles. The number of hydrogen-bond donors (Lipinski definition) is 4. The molecule has 1 aliphatic heterocycles. The maximum atomic E-state index is 12.0. The van der Waals surface area contributed by atoms with Crippen molar-refractivity contribution in [2.75, 3.05) is 26.2 Å². The summed E-state index contributed by atoms with van der Waals surface area (Å²) >= 11 is 0. The van der Waals surface area contributed by atoms with E-state index in [1.807, 2.05) is 0 Å². The number of nitrogens with one attached hydrogen (secondary N) is 2. The summed E-state index contributed by atoms with van der Waals surface area (Å²) < 4.78 is 22.4. The fraction of sp³-hybridized carbons (Fsp3) is 0.500. The van der Waals surface area contributed by atoms with Crippen LogP contribution in [0.5, 0.6) is 0 Å². The van der Waals surface area contributed by atoms with E-state index in [2.05, 4.69) is 5.32 Å². The number of nitrogens with two attached hydrogens (primary N) is 2. The molecule has 0 spiro atoms. The molecule has 8 nitrogen and oxygen atoms in total. The molecule has 0 bridgehead atoms. The van der Waals surface area contributed by atoms with Crippen LogP contribution in [0.25, 0.3) is 0 Å². The summed E-state index contributed by atoms with van der Waals surface area (Å²) in [7, 11) is -3.68. The van der Waals surface area contributed by atoms with Crippen molar-refractivity contribution in [2.45, 2.75) is 24.2 Å². The summed E-state index contributed by atoms with van der Waals surface area (Å²) in [6.45, 7) is 2.41. The Labute approximate surface area is 147 Å². The molecule has 2 rings (SSSR count). The number of likely N-dealkylation sites (tertiary alicyclic amines) is 1. The average Bonchev–Trinajstić information content (AvgIpc) is 2.55. The van der Waals surface area contributed by atoms with E-state index in [9.17, 15) is 18.0 Å². The normalized spacial score (nSPS) is 20.8. The van der Waals surface area contributed by atoms with Gasteiger partial charge in [-0.2, -0.15) is 0 Å². The van der Waals surface area contributed by atoms with Crippen LogP contribution in [0.1, 0.15) is 18.4 Å². The Kier molecular flexibility index (Phi) is 6.51. The van der Waals surface area contributed by atoms with Gasteiger partial charge in [0, 0.05) is 25.3 Å². The van der Waals surface area contributed by atoms with E-state index in [1.165, 1.54) is 12.1 Å². The number of quaternary nitrogens is 1. The van der Waals surface area contributed by atoms with E-state index in [1.54, 1.807) is 12.1 Å². The Morgan fingerprint density at radius 1 is 1.16 bits per heavy atom. The van der Waals surface area contributed by atoms with E-state index in [0.717, 1.165) is 36.4 Å². The number of carbonyl (C=O) groups is 2. The molecule has 1 aromatic carbocycles. The Balaban J connectivity index is 1.70. The van der Waals surface area contributed by atoms with Gasteiger partial charge in [0.25, 0.3) is 5.91 Å². The van der Waals surface area contributed by atoms with Gasteiger partial charge in [-0.25, -0.2) is 13.6 Å². The minimum Gasteiger partial charge on any atom is -0.369 e. The van der Waals surface area contributed by atoms with Crippen LogP contribution in [0, 0.1) is 5.92 Å². The Morgan fingerprint density at radius 3 is 2.28 bits per heavy atom. The van der Waals surface area contributed by atoms with Gasteiger partial charge in [-0.3, -0.25) is 9.59 Å². The average molecular weight is 369 g/mol. The molecule has 138 valence electrons. The minimum atomic E-state index is -3.68. The maximum absolute atomic E-state index is 12.0. The topological polar surface area (TPSA) is 137 Å². The van der Waals surface area contributed by atoms with E-state index < -0.39 is 10.0 Å². The van der Waals surface area contributed by atoms with Crippen molar-refractivity contribution < 1.29 is 22.9 Å². The van der Waals surface area contributed by atoms with Gasteiger partial charge in [0.15, 0.2) is 6.54 Å². The predicted molar refractivity (Wildman–Crippen MR) is 92.0 cm³/mol. The van der Waals surface area contributed by atoms with Crippen LogP contribution in [0.4, 0.5) is 0 Å². The fourth-order valence-electron chi connectivity index (χ4n) is 2.97. The van der Waals surface area contributed by atoms with Crippen LogP contribution in [-0.4, -0.2) is 46.4 Å². The Bertz CT molecular complexity index is 710. The molecule has 0 radical (unpaired) electrons. The zero-order valence-electron chi connectivity index (χ0n) is 14.0. The van der Waals surface area contributed by atoms with E-state index in [4.69, 9.17) is 10.9 Å². The molecule has 1 aromatic rings. The van der Waals surface area contributed by atoms with Gasteiger partial charge in [0.2, 0.25) is 15.9 Å². The second-order valence-electron chi connectivity index (χ2n) is 6.39. The number of carbonyl (C=O) groups excluding carboxylic acids is 2. The van der Waals surface area contributed by atoms with Gasteiger partial charge < -0.3 is 16.0 Å². The van der Waals surface area contributed by atoms with Gasteiger partial charge >= 0.3 is 0 Å². The summed E-state index contributed by atoms with van der Waals surface area (Å²) in [6, 6.07) is 6.29. The summed E-state index contributed by atoms with van der Waals surface area (Å²) in [5.74, 6) is -0.349. The molecule has 1 saturated heterocycles. The highest BCUT2D eigenvalue weighted by Crippen LogP contribution is 2.09. The number of rotatable bonds is 7. The molecular weight excluding hydrogens is 344 g/mol. The largest absolute Gasteiger partial charge is 0.369 e. The van der Waals surface area contributed by atoms with Gasteiger partial charge in [-0.05, 0) is 24.1 Å². The number of sulfonamides is 1. The highest BCUT2D eigenvalue weighted by atomic mass is 32.2. The first-order valence-electron chi connectivity index (χ1n) is 8.27. The number of hydrogen-bond acceptors (Lipinski definition) is 4. The maximum Gasteiger partial charge on any atom is 0.275 e. The fourth-order valence-corrected chi connectivity index (χ4v) is 3.48. The molecule has 2 amide bonds. The molecule has 0 unspecified atom stereocenters. The highest BCUT2D eigenvalue weighted by molar-refractivity contribution is 7.89. The lowest BCUT2D eigenvalue weighted by Gasteiger charge is -2.27. The van der Waals surface area contributed by atoms with Gasteiger partial charge in [-0.15, -0.1) is 0 Å². The number of primary amides is 1. The predicted octanol–water partition coefficient (Wildman–Crippen LogP) is -2.23. The molecular formula is C16H25N4O4S+. The highest BCUT2D eigenvalue weighted by Gasteiger charge is 2.26. The first-order valence-corrected chi connectivity index (χ1v) is 9.81. The summed E-state index contributed by atoms with van der Waals surface area (Å²) in [5.41, 5.74) is 6.22. The van der Waals surface area contributed by atoms with Gasteiger partial charge in [-0.1, -0.05) is 12.1 Å². The molecule has 25 heavy (non-hydrogen) atoms. The SMILES string of the molecule is NC(=O)C1CC[NH+](CC(=O)NCCc2ccc(S(N)(=O)=O)cc2)CC1. The van der Waals surface area contributed by atoms with Gasteiger partial charge in [0.05, 0.1) is 18.0 Å². The third kappa shape index (κ3) is 6.11. The molecule has 1 aliphatic rings. The monoisotopic (exact) mass is 369 g/mol. The van der Waals surface area contributed by atoms with Crippen LogP contribution in [0.2, 0.25) is 0 Å². The third-order valence-electron chi connectivity index (χ3n) is 4.49. The number of piperidine rings is 1. The van der Waals surface area contributed by atoms with Crippen LogP contribution in [-0.2, 0) is 26.0 Å². The first kappa shape index (κ1) is 19.4. The Morgan fingerprint density at radius 2 is 1.76 bits per heavy atom. The molecule has 0 aromatic heterocycles. The van der Waals surface area contributed by atoms with Crippen LogP contribution < -0.4 is 21.1 Å². The van der Waals surface area contributed by atoms with E-state index in [0.29, 0.717) is 19.5 Å². The second-order valence-corrected chi connectivity index (χ2v) is 7.95. The molecule has 1 fully saturated rings. The number of amides is 2. The lowest BCUT2D eigenvalue weighted by molar-refractivity contribution is -0.897. The Hall–Kier alpha value is -1.97. The standard InChI is InChI=1S/C16H24N4O4S/c17-16(22)13-6-9-20(10-7-13)11-15(21)19-8-5-12-1-3-14(4-2-12)25(18,23)24/h1-4,13H,5-11H2,(H2,17,22)(H,19,21)(H2,18,23,24)/p+1. The summed E-state index contributed by atoms with van der Waals surface area (Å²) in [6.07, 6.45) is 2.07. The quantitative estimate of drug-likeness (QED) is 0.432. The second kappa shape index (κ2) is 8.41. The summed E-state index contributed by atoms with van der Waals surface area (Å²) in [4.78, 5) is 24.3. The van der Waals surface area contributed by atoms with Crippen molar-refractivity contribution in [1.82, 2.24) is 5.32 Å². The number of benzene rings is 1. The van der Waals surface area contributed by atoms with Gasteiger partial charge in [0.1, 0.15) is 0 Å². The van der Waals surface area contributed by atoms with E-state index >= 15 is 0 Å². The first-order chi connectivity index (χ1) is 11.8. The van der Waals surface area contributed by atoms with Crippen molar-refractivity contribution in [3.63, 3.8) is 0 Å².